The number of nitrogens with one attached hydrogen (secondary N) is 2. The third-order valence-corrected chi connectivity index (χ3v) is 6.05. The average Bonchev–Trinajstić information content (AvgIpc) is 3.23. The zero-order valence-electron chi connectivity index (χ0n) is 14.9. The zero-order valence-corrected chi connectivity index (χ0v) is 15.7. The van der Waals surface area contributed by atoms with Crippen LogP contribution in [0.1, 0.15) is 36.2 Å². The fourth-order valence-corrected chi connectivity index (χ4v) is 4.26. The lowest BCUT2D eigenvalue weighted by Crippen LogP contribution is -2.48. The lowest BCUT2D eigenvalue weighted by Gasteiger charge is -2.36. The third kappa shape index (κ3) is 4.31. The maximum absolute atomic E-state index is 12.3. The molecule has 0 saturated carbocycles. The molecule has 26 heavy (non-hydrogen) atoms. The molecule has 2 aromatic rings. The number of hydrogen-bond donors (Lipinski definition) is 2. The van der Waals surface area contributed by atoms with E-state index in [2.05, 4.69) is 16.7 Å². The van der Waals surface area contributed by atoms with Crippen molar-refractivity contribution in [2.75, 3.05) is 19.8 Å². The molecule has 0 aliphatic carbocycles. The van der Waals surface area contributed by atoms with Crippen LogP contribution in [0, 0.1) is 0 Å². The molecule has 1 aromatic heterocycles. The van der Waals surface area contributed by atoms with Gasteiger partial charge in [-0.1, -0.05) is 36.4 Å². The van der Waals surface area contributed by atoms with Crippen molar-refractivity contribution in [1.29, 1.82) is 0 Å². The zero-order chi connectivity index (χ0) is 18.4. The number of carbonyl (C=O) groups is 2. The molecular formula is C20H24N2O3S. The second kappa shape index (κ2) is 8.47. The largest absolute Gasteiger partial charge is 0.381 e. The minimum absolute atomic E-state index is 0.145. The molecule has 1 aliphatic rings. The summed E-state index contributed by atoms with van der Waals surface area (Å²) in [7, 11) is 0. The molecule has 1 saturated heterocycles. The lowest BCUT2D eigenvalue weighted by molar-refractivity contribution is -0.139. The molecule has 0 unspecified atom stereocenters. The summed E-state index contributed by atoms with van der Waals surface area (Å²) in [4.78, 5) is 25.8. The molecule has 5 nitrogen and oxygen atoms in total. The van der Waals surface area contributed by atoms with Crippen LogP contribution in [0.5, 0.6) is 0 Å². The molecule has 0 spiro atoms. The molecule has 0 radical (unpaired) electrons. The smallest absolute Gasteiger partial charge is 0.309 e. The second-order valence-corrected chi connectivity index (χ2v) is 7.61. The van der Waals surface area contributed by atoms with E-state index >= 15 is 0 Å². The van der Waals surface area contributed by atoms with Crippen LogP contribution in [0.15, 0.2) is 47.8 Å². The van der Waals surface area contributed by atoms with Crippen LogP contribution >= 0.6 is 11.3 Å². The molecule has 2 amide bonds. The molecule has 6 heteroatoms. The predicted molar refractivity (Wildman–Crippen MR) is 102 cm³/mol. The van der Waals surface area contributed by atoms with Crippen molar-refractivity contribution < 1.29 is 14.3 Å². The first kappa shape index (κ1) is 18.6. The number of benzene rings is 1. The van der Waals surface area contributed by atoms with Gasteiger partial charge in [-0.25, -0.2) is 0 Å². The van der Waals surface area contributed by atoms with Crippen LogP contribution in [0.2, 0.25) is 0 Å². The molecule has 3 rings (SSSR count). The molecule has 1 atom stereocenters. The van der Waals surface area contributed by atoms with Gasteiger partial charge in [0.2, 0.25) is 0 Å². The first-order valence-corrected chi connectivity index (χ1v) is 9.74. The van der Waals surface area contributed by atoms with Crippen LogP contribution < -0.4 is 10.6 Å². The van der Waals surface area contributed by atoms with Crippen molar-refractivity contribution in [3.05, 3.63) is 58.3 Å². The Hall–Kier alpha value is -2.18. The van der Waals surface area contributed by atoms with Crippen molar-refractivity contribution in [1.82, 2.24) is 10.6 Å². The molecule has 2 heterocycles. The highest BCUT2D eigenvalue weighted by atomic mass is 32.1. The van der Waals surface area contributed by atoms with Gasteiger partial charge in [0.15, 0.2) is 0 Å². The second-order valence-electron chi connectivity index (χ2n) is 6.66. The fraction of sp³-hybridized carbons (Fsp3) is 0.400. The number of amides is 2. The fourth-order valence-electron chi connectivity index (χ4n) is 3.27. The highest BCUT2D eigenvalue weighted by Crippen LogP contribution is 2.36. The summed E-state index contributed by atoms with van der Waals surface area (Å²) in [5.74, 6) is -1.19. The molecule has 1 fully saturated rings. The van der Waals surface area contributed by atoms with E-state index in [1.54, 1.807) is 11.3 Å². The van der Waals surface area contributed by atoms with Crippen molar-refractivity contribution in [2.24, 2.45) is 0 Å². The van der Waals surface area contributed by atoms with Crippen molar-refractivity contribution >= 4 is 23.2 Å². The maximum atomic E-state index is 12.3. The van der Waals surface area contributed by atoms with Gasteiger partial charge >= 0.3 is 11.8 Å². The van der Waals surface area contributed by atoms with E-state index in [4.69, 9.17) is 4.74 Å². The van der Waals surface area contributed by atoms with Crippen molar-refractivity contribution in [3.63, 3.8) is 0 Å². The van der Waals surface area contributed by atoms with E-state index < -0.39 is 11.8 Å². The topological polar surface area (TPSA) is 67.4 Å². The van der Waals surface area contributed by atoms with E-state index in [0.29, 0.717) is 19.8 Å². The van der Waals surface area contributed by atoms with Crippen LogP contribution in [-0.2, 0) is 19.7 Å². The maximum Gasteiger partial charge on any atom is 0.309 e. The van der Waals surface area contributed by atoms with Gasteiger partial charge in [-0.2, -0.15) is 0 Å². The third-order valence-electron chi connectivity index (χ3n) is 4.93. The summed E-state index contributed by atoms with van der Waals surface area (Å²) < 4.78 is 5.49. The molecule has 1 aliphatic heterocycles. The summed E-state index contributed by atoms with van der Waals surface area (Å²) in [5, 5.41) is 7.64. The summed E-state index contributed by atoms with van der Waals surface area (Å²) in [5.41, 5.74) is 0.820. The van der Waals surface area contributed by atoms with E-state index in [0.717, 1.165) is 18.4 Å². The minimum Gasteiger partial charge on any atom is -0.381 e. The van der Waals surface area contributed by atoms with Crippen LogP contribution in [0.25, 0.3) is 0 Å². The summed E-state index contributed by atoms with van der Waals surface area (Å²) >= 11 is 1.69. The lowest BCUT2D eigenvalue weighted by atomic mass is 9.78. The Kier molecular flexibility index (Phi) is 6.06. The van der Waals surface area contributed by atoms with Gasteiger partial charge in [0.05, 0.1) is 6.04 Å². The van der Waals surface area contributed by atoms with E-state index in [1.807, 2.05) is 48.7 Å². The quantitative estimate of drug-likeness (QED) is 0.793. The average molecular weight is 372 g/mol. The predicted octanol–water partition coefficient (Wildman–Crippen LogP) is 2.79. The van der Waals surface area contributed by atoms with Crippen molar-refractivity contribution in [2.45, 2.75) is 31.2 Å². The first-order valence-electron chi connectivity index (χ1n) is 8.86. The standard InChI is InChI=1S/C20H24N2O3S/c1-15(16-6-3-2-4-7-16)22-19(24)18(23)21-14-20(9-11-25-12-10-20)17-8-5-13-26-17/h2-8,13,15H,9-12,14H2,1H3,(H,21,23)(H,22,24)/t15-/m0/s1. The number of carbonyl (C=O) groups excluding carboxylic acids is 2. The Balaban J connectivity index is 1.59. The van der Waals surface area contributed by atoms with Gasteiger partial charge in [0.25, 0.3) is 0 Å². The Bertz CT molecular complexity index is 725. The molecular weight excluding hydrogens is 348 g/mol. The number of ether oxygens (including phenoxy) is 1. The highest BCUT2D eigenvalue weighted by Gasteiger charge is 2.36. The highest BCUT2D eigenvalue weighted by molar-refractivity contribution is 7.10. The Morgan fingerprint density at radius 2 is 1.85 bits per heavy atom. The number of thiophene rings is 1. The number of hydrogen-bond acceptors (Lipinski definition) is 4. The molecule has 0 bridgehead atoms. The van der Waals surface area contributed by atoms with E-state index in [1.165, 1.54) is 4.88 Å². The molecule has 1 aromatic carbocycles. The van der Waals surface area contributed by atoms with E-state index in [9.17, 15) is 9.59 Å². The Morgan fingerprint density at radius 1 is 1.12 bits per heavy atom. The van der Waals surface area contributed by atoms with Crippen LogP contribution in [0.4, 0.5) is 0 Å². The van der Waals surface area contributed by atoms with Gasteiger partial charge in [-0.3, -0.25) is 9.59 Å². The van der Waals surface area contributed by atoms with Crippen LogP contribution in [-0.4, -0.2) is 31.6 Å². The number of rotatable bonds is 5. The normalized spacial score (nSPS) is 17.3. The SMILES string of the molecule is C[C@H](NC(=O)C(=O)NCC1(c2cccs2)CCOCC1)c1ccccc1. The molecule has 2 N–H and O–H groups in total. The van der Waals surface area contributed by atoms with Gasteiger partial charge in [0, 0.05) is 30.1 Å². The minimum atomic E-state index is -0.602. The Labute approximate surface area is 157 Å². The van der Waals surface area contributed by atoms with E-state index in [-0.39, 0.29) is 11.5 Å². The molecule has 138 valence electrons. The summed E-state index contributed by atoms with van der Waals surface area (Å²) in [6, 6.07) is 13.5. The van der Waals surface area contributed by atoms with Gasteiger partial charge < -0.3 is 15.4 Å². The summed E-state index contributed by atoms with van der Waals surface area (Å²) in [6.45, 7) is 3.66. The monoisotopic (exact) mass is 372 g/mol. The summed E-state index contributed by atoms with van der Waals surface area (Å²) in [6.07, 6.45) is 1.69. The Morgan fingerprint density at radius 3 is 2.50 bits per heavy atom. The van der Waals surface area contributed by atoms with Crippen LogP contribution in [0.3, 0.4) is 0 Å². The first-order chi connectivity index (χ1) is 12.6. The van der Waals surface area contributed by atoms with Gasteiger partial charge in [0.1, 0.15) is 0 Å². The van der Waals surface area contributed by atoms with Crippen molar-refractivity contribution in [3.8, 4) is 0 Å². The van der Waals surface area contributed by atoms with Gasteiger partial charge in [-0.05, 0) is 36.8 Å². The van der Waals surface area contributed by atoms with Gasteiger partial charge in [-0.15, -0.1) is 11.3 Å².